The van der Waals surface area contributed by atoms with Gasteiger partial charge in [-0.3, -0.25) is 4.79 Å². The third-order valence-corrected chi connectivity index (χ3v) is 7.07. The molecule has 4 nitrogen and oxygen atoms in total. The van der Waals surface area contributed by atoms with E-state index in [1.54, 1.807) is 0 Å². The van der Waals surface area contributed by atoms with Crippen LogP contribution in [0.5, 0.6) is 11.5 Å². The Kier molecular flexibility index (Phi) is 4.74. The molecule has 0 radical (unpaired) electrons. The lowest BCUT2D eigenvalue weighted by molar-refractivity contribution is -0.120. The number of ketones is 1. The number of aliphatic hydroxyl groups excluding tert-OH is 1. The predicted octanol–water partition coefficient (Wildman–Crippen LogP) is 5.17. The van der Waals surface area contributed by atoms with E-state index in [1.807, 2.05) is 18.2 Å². The molecule has 0 aromatic heterocycles. The maximum absolute atomic E-state index is 13.4. The Morgan fingerprint density at radius 3 is 2.58 bits per heavy atom. The van der Waals surface area contributed by atoms with Gasteiger partial charge in [-0.25, -0.2) is 0 Å². The Morgan fingerprint density at radius 2 is 1.87 bits per heavy atom. The first-order valence-electron chi connectivity index (χ1n) is 11.2. The molecule has 1 unspecified atom stereocenters. The zero-order valence-electron chi connectivity index (χ0n) is 18.5. The Labute approximate surface area is 183 Å². The monoisotopic (exact) mass is 418 g/mol. The second-order valence-electron chi connectivity index (χ2n) is 10.1. The number of fused-ring (bicyclic) bond motifs is 2. The summed E-state index contributed by atoms with van der Waals surface area (Å²) in [5.41, 5.74) is 5.58. The minimum absolute atomic E-state index is 0.0479. The van der Waals surface area contributed by atoms with Gasteiger partial charge in [0, 0.05) is 18.9 Å². The van der Waals surface area contributed by atoms with Gasteiger partial charge in [-0.1, -0.05) is 56.7 Å². The molecule has 1 fully saturated rings. The van der Waals surface area contributed by atoms with E-state index < -0.39 is 0 Å². The molecule has 4 heteroatoms. The maximum atomic E-state index is 13.4. The summed E-state index contributed by atoms with van der Waals surface area (Å²) in [5, 5.41) is 9.66. The second-order valence-corrected chi connectivity index (χ2v) is 10.1. The van der Waals surface area contributed by atoms with Crippen molar-refractivity contribution in [2.45, 2.75) is 57.8 Å². The number of carbonyl (C=O) groups is 1. The molecule has 1 N–H and O–H groups in total. The number of Topliss-reactive ketones (excluding diaryl/α,β-unsaturated/α-hetero) is 1. The van der Waals surface area contributed by atoms with Crippen LogP contribution in [0.2, 0.25) is 0 Å². The zero-order valence-corrected chi connectivity index (χ0v) is 18.5. The van der Waals surface area contributed by atoms with E-state index in [-0.39, 0.29) is 35.9 Å². The largest absolute Gasteiger partial charge is 0.454 e. The van der Waals surface area contributed by atoms with Gasteiger partial charge in [0.2, 0.25) is 6.79 Å². The van der Waals surface area contributed by atoms with Crippen molar-refractivity contribution in [3.63, 3.8) is 0 Å². The molecule has 1 heterocycles. The van der Waals surface area contributed by atoms with Crippen LogP contribution in [-0.4, -0.2) is 24.3 Å². The third-order valence-electron chi connectivity index (χ3n) is 7.07. The van der Waals surface area contributed by atoms with Gasteiger partial charge in [0.25, 0.3) is 0 Å². The smallest absolute Gasteiger partial charge is 0.231 e. The Hall–Kier alpha value is -2.59. The van der Waals surface area contributed by atoms with Gasteiger partial charge in [0.05, 0.1) is 5.41 Å². The molecule has 1 atom stereocenters. The molecule has 2 aromatic carbocycles. The van der Waals surface area contributed by atoms with Gasteiger partial charge in [0.1, 0.15) is 5.78 Å². The van der Waals surface area contributed by atoms with Gasteiger partial charge < -0.3 is 14.6 Å². The van der Waals surface area contributed by atoms with Crippen LogP contribution in [-0.2, 0) is 16.6 Å². The number of carbonyl (C=O) groups excluding carboxylic acids is 1. The van der Waals surface area contributed by atoms with Crippen molar-refractivity contribution in [1.82, 2.24) is 0 Å². The van der Waals surface area contributed by atoms with Crippen LogP contribution in [0.3, 0.4) is 0 Å². The molecule has 1 saturated carbocycles. The van der Waals surface area contributed by atoms with Gasteiger partial charge in [-0.15, -0.1) is 0 Å². The summed E-state index contributed by atoms with van der Waals surface area (Å²) in [4.78, 5) is 13.4. The fraction of sp³-hybridized carbons (Fsp3) is 0.444. The maximum Gasteiger partial charge on any atom is 0.231 e. The zero-order chi connectivity index (χ0) is 21.8. The number of hydrogen-bond donors (Lipinski definition) is 1. The molecule has 5 rings (SSSR count). The Bertz CT molecular complexity index is 1070. The van der Waals surface area contributed by atoms with Crippen molar-refractivity contribution in [2.75, 3.05) is 13.4 Å². The average Bonchev–Trinajstić information content (AvgIpc) is 3.27. The highest BCUT2D eigenvalue weighted by Gasteiger charge is 2.50. The summed E-state index contributed by atoms with van der Waals surface area (Å²) >= 11 is 0. The van der Waals surface area contributed by atoms with Crippen LogP contribution < -0.4 is 9.47 Å². The van der Waals surface area contributed by atoms with E-state index >= 15 is 0 Å². The number of aliphatic hydroxyl groups is 1. The highest BCUT2D eigenvalue weighted by molar-refractivity contribution is 5.95. The molecule has 0 amide bonds. The minimum Gasteiger partial charge on any atom is -0.454 e. The summed E-state index contributed by atoms with van der Waals surface area (Å²) in [5.74, 6) is 1.98. The fourth-order valence-electron chi connectivity index (χ4n) is 5.18. The van der Waals surface area contributed by atoms with Crippen LogP contribution in [0.15, 0.2) is 42.0 Å². The molecule has 0 saturated heterocycles. The summed E-state index contributed by atoms with van der Waals surface area (Å²) in [6, 6.07) is 12.3. The van der Waals surface area contributed by atoms with Crippen LogP contribution in [0, 0.1) is 5.41 Å². The van der Waals surface area contributed by atoms with Crippen molar-refractivity contribution in [2.24, 2.45) is 5.41 Å². The van der Waals surface area contributed by atoms with Gasteiger partial charge in [-0.2, -0.15) is 0 Å². The highest BCUT2D eigenvalue weighted by Crippen LogP contribution is 2.52. The van der Waals surface area contributed by atoms with E-state index in [0.717, 1.165) is 35.5 Å². The van der Waals surface area contributed by atoms with Crippen LogP contribution in [0.1, 0.15) is 68.2 Å². The number of hydrogen-bond acceptors (Lipinski definition) is 4. The summed E-state index contributed by atoms with van der Waals surface area (Å²) in [7, 11) is 0. The molecule has 0 spiro atoms. The van der Waals surface area contributed by atoms with Crippen molar-refractivity contribution < 1.29 is 19.4 Å². The first-order valence-corrected chi connectivity index (χ1v) is 11.2. The molecule has 2 aliphatic carbocycles. The van der Waals surface area contributed by atoms with E-state index in [9.17, 15) is 9.90 Å². The summed E-state index contributed by atoms with van der Waals surface area (Å²) in [6.45, 7) is 7.08. The van der Waals surface area contributed by atoms with E-state index in [0.29, 0.717) is 12.8 Å². The Morgan fingerprint density at radius 1 is 1.10 bits per heavy atom. The lowest BCUT2D eigenvalue weighted by atomic mass is 9.77. The van der Waals surface area contributed by atoms with Gasteiger partial charge in [0.15, 0.2) is 11.5 Å². The fourth-order valence-corrected chi connectivity index (χ4v) is 5.18. The van der Waals surface area contributed by atoms with Crippen molar-refractivity contribution >= 4 is 11.9 Å². The van der Waals surface area contributed by atoms with Crippen molar-refractivity contribution in [1.29, 1.82) is 0 Å². The second kappa shape index (κ2) is 7.23. The highest BCUT2D eigenvalue weighted by atomic mass is 16.7. The lowest BCUT2D eigenvalue weighted by Gasteiger charge is -2.27. The quantitative estimate of drug-likeness (QED) is 0.703. The van der Waals surface area contributed by atoms with E-state index in [2.05, 4.69) is 45.0 Å². The summed E-state index contributed by atoms with van der Waals surface area (Å²) < 4.78 is 10.9. The lowest BCUT2D eigenvalue weighted by Crippen LogP contribution is -2.22. The average molecular weight is 419 g/mol. The molecule has 162 valence electrons. The van der Waals surface area contributed by atoms with Crippen LogP contribution >= 0.6 is 0 Å². The molecule has 31 heavy (non-hydrogen) atoms. The Balaban J connectivity index is 1.39. The molecule has 1 aliphatic heterocycles. The van der Waals surface area contributed by atoms with E-state index in [4.69, 9.17) is 9.47 Å². The first kappa shape index (κ1) is 20.3. The number of rotatable bonds is 6. The standard InChI is InChI=1S/C27H30O4/c1-26(2,3)22-14-18-5-4-17(12-21(18)20(22)8-11-28)13-25(29)27(9-10-27)19-6-7-23-24(15-19)31-16-30-23/h4-7,12,14-15,20,28H,8-11,13,16H2,1-3H3. The van der Waals surface area contributed by atoms with Crippen molar-refractivity contribution in [3.8, 4) is 11.5 Å². The van der Waals surface area contributed by atoms with Crippen molar-refractivity contribution in [3.05, 3.63) is 64.2 Å². The molecular formula is C27H30O4. The van der Waals surface area contributed by atoms with Crippen LogP contribution in [0.25, 0.3) is 6.08 Å². The molecule has 0 bridgehead atoms. The number of ether oxygens (including phenoxy) is 2. The number of allylic oxidation sites excluding steroid dienone is 1. The SMILES string of the molecule is CC(C)(C)C1=Cc2ccc(CC(=O)C3(c4ccc5c(c4)OCO5)CC3)cc2C1CCO. The molecule has 2 aromatic rings. The minimum atomic E-state index is -0.390. The predicted molar refractivity (Wildman–Crippen MR) is 121 cm³/mol. The molecule has 3 aliphatic rings. The summed E-state index contributed by atoms with van der Waals surface area (Å²) in [6.07, 6.45) is 5.20. The normalized spacial score (nSPS) is 20.4. The van der Waals surface area contributed by atoms with Gasteiger partial charge in [-0.05, 0) is 59.1 Å². The van der Waals surface area contributed by atoms with Gasteiger partial charge >= 0.3 is 0 Å². The first-order chi connectivity index (χ1) is 14.8. The van der Waals surface area contributed by atoms with Crippen LogP contribution in [0.4, 0.5) is 0 Å². The number of benzene rings is 2. The van der Waals surface area contributed by atoms with E-state index in [1.165, 1.54) is 16.7 Å². The topological polar surface area (TPSA) is 55.8 Å². The third kappa shape index (κ3) is 3.47. The molecular weight excluding hydrogens is 388 g/mol.